The summed E-state index contributed by atoms with van der Waals surface area (Å²) in [4.78, 5) is 2.63. The molecule has 0 heterocycles. The Kier molecular flexibility index (Phi) is 7.34. The van der Waals surface area contributed by atoms with Gasteiger partial charge in [0, 0.05) is 22.4 Å². The second-order valence-electron chi connectivity index (χ2n) is 19.2. The first-order valence-corrected chi connectivity index (χ1v) is 21.2. The Bertz CT molecular complexity index is 2400. The Morgan fingerprint density at radius 1 is 0.418 bits per heavy atom. The van der Waals surface area contributed by atoms with Crippen LogP contribution in [0.3, 0.4) is 0 Å². The molecule has 0 atom stereocenters. The van der Waals surface area contributed by atoms with Gasteiger partial charge in [0.15, 0.2) is 0 Å². The van der Waals surface area contributed by atoms with E-state index in [1.165, 1.54) is 107 Å². The molecule has 0 aliphatic heterocycles. The SMILES string of the molecule is CC1(C)CCC(C)(C)c2cc(N(c3ccc(-c4ccccc4)cc3)c3cc4c(cc3-c3ccccc3)-c3ccccc3C43C4CC5CC(C4)CC3C5)ccc21. The third-order valence-corrected chi connectivity index (χ3v) is 15.3. The first-order chi connectivity index (χ1) is 26.7. The topological polar surface area (TPSA) is 3.24 Å². The van der Waals surface area contributed by atoms with E-state index in [1.54, 1.807) is 11.1 Å². The standard InChI is InChI=1S/C54H53N/c1-52(2)25-26-53(3,4)50-32-43(23-24-48(50)52)55(42-21-19-38(20-22-42)37-13-7-5-8-14-37)51-34-49-46(33-45(51)39-15-9-6-10-16-39)44-17-11-12-18-47(44)54(49)40-28-35-27-36(30-40)31-41(54)29-35/h5-24,32-36,40-41H,25-31H2,1-4H3. The van der Waals surface area contributed by atoms with Crippen LogP contribution in [0.2, 0.25) is 0 Å². The summed E-state index contributed by atoms with van der Waals surface area (Å²) < 4.78 is 0. The minimum atomic E-state index is 0.0913. The lowest BCUT2D eigenvalue weighted by molar-refractivity contribution is -0.0399. The maximum atomic E-state index is 2.71. The third-order valence-electron chi connectivity index (χ3n) is 15.3. The van der Waals surface area contributed by atoms with Crippen LogP contribution in [0.15, 0.2) is 140 Å². The van der Waals surface area contributed by atoms with Crippen LogP contribution >= 0.6 is 0 Å². The number of benzene rings is 6. The summed E-state index contributed by atoms with van der Waals surface area (Å²) in [6.45, 7) is 9.80. The zero-order valence-electron chi connectivity index (χ0n) is 33.0. The molecule has 6 aromatic rings. The highest BCUT2D eigenvalue weighted by Gasteiger charge is 2.61. The van der Waals surface area contributed by atoms with Crippen molar-refractivity contribution in [2.24, 2.45) is 23.7 Å². The molecule has 6 aliphatic carbocycles. The van der Waals surface area contributed by atoms with Crippen LogP contribution in [0, 0.1) is 23.7 Å². The fraction of sp³-hybridized carbons (Fsp3) is 0.333. The van der Waals surface area contributed by atoms with Crippen LogP contribution in [0.25, 0.3) is 33.4 Å². The van der Waals surface area contributed by atoms with E-state index < -0.39 is 0 Å². The van der Waals surface area contributed by atoms with Gasteiger partial charge in [-0.05, 0) is 166 Å². The fourth-order valence-corrected chi connectivity index (χ4v) is 12.8. The van der Waals surface area contributed by atoms with Gasteiger partial charge in [-0.15, -0.1) is 0 Å². The van der Waals surface area contributed by atoms with Gasteiger partial charge in [-0.25, -0.2) is 0 Å². The summed E-state index contributed by atoms with van der Waals surface area (Å²) in [7, 11) is 0. The Morgan fingerprint density at radius 3 is 1.65 bits per heavy atom. The summed E-state index contributed by atoms with van der Waals surface area (Å²) >= 11 is 0. The monoisotopic (exact) mass is 715 g/mol. The molecule has 4 saturated carbocycles. The van der Waals surface area contributed by atoms with Crippen LogP contribution in [-0.4, -0.2) is 0 Å². The van der Waals surface area contributed by atoms with Gasteiger partial charge in [-0.3, -0.25) is 0 Å². The molecule has 0 amide bonds. The summed E-state index contributed by atoms with van der Waals surface area (Å²) in [6, 6.07) is 53.8. The molecule has 4 bridgehead atoms. The number of hydrogen-bond donors (Lipinski definition) is 0. The van der Waals surface area contributed by atoms with Crippen LogP contribution in [0.5, 0.6) is 0 Å². The van der Waals surface area contributed by atoms with Crippen molar-refractivity contribution in [2.75, 3.05) is 4.90 Å². The maximum absolute atomic E-state index is 2.71. The Hall–Kier alpha value is -4.88. The summed E-state index contributed by atoms with van der Waals surface area (Å²) in [5.74, 6) is 3.25. The van der Waals surface area contributed by atoms with Crippen molar-refractivity contribution in [1.29, 1.82) is 0 Å². The highest BCUT2D eigenvalue weighted by Crippen LogP contribution is 2.70. The van der Waals surface area contributed by atoms with Gasteiger partial charge >= 0.3 is 0 Å². The molecule has 0 unspecified atom stereocenters. The summed E-state index contributed by atoms with van der Waals surface area (Å²) in [5.41, 5.74) is 18.4. The van der Waals surface area contributed by atoms with Crippen molar-refractivity contribution in [3.05, 3.63) is 162 Å². The van der Waals surface area contributed by atoms with E-state index >= 15 is 0 Å². The Labute approximate surface area is 328 Å². The molecule has 55 heavy (non-hydrogen) atoms. The molecule has 6 aliphatic rings. The molecule has 0 aromatic heterocycles. The highest BCUT2D eigenvalue weighted by atomic mass is 15.1. The van der Waals surface area contributed by atoms with Crippen molar-refractivity contribution < 1.29 is 0 Å². The van der Waals surface area contributed by atoms with Gasteiger partial charge in [0.1, 0.15) is 0 Å². The van der Waals surface area contributed by atoms with Gasteiger partial charge in [0.25, 0.3) is 0 Å². The molecule has 4 fully saturated rings. The van der Waals surface area contributed by atoms with Crippen molar-refractivity contribution in [2.45, 2.75) is 88.9 Å². The van der Waals surface area contributed by atoms with E-state index in [4.69, 9.17) is 0 Å². The Morgan fingerprint density at radius 2 is 0.982 bits per heavy atom. The second-order valence-corrected chi connectivity index (χ2v) is 19.2. The molecular formula is C54H53N. The fourth-order valence-electron chi connectivity index (χ4n) is 12.8. The van der Waals surface area contributed by atoms with Crippen LogP contribution in [0.4, 0.5) is 17.1 Å². The van der Waals surface area contributed by atoms with Gasteiger partial charge in [-0.2, -0.15) is 0 Å². The quantitative estimate of drug-likeness (QED) is 0.172. The zero-order valence-corrected chi connectivity index (χ0v) is 33.0. The van der Waals surface area contributed by atoms with Gasteiger partial charge in [0.05, 0.1) is 5.69 Å². The van der Waals surface area contributed by atoms with Crippen LogP contribution in [0.1, 0.15) is 94.9 Å². The first-order valence-electron chi connectivity index (χ1n) is 21.2. The molecule has 0 saturated heterocycles. The molecule has 12 rings (SSSR count). The lowest BCUT2D eigenvalue weighted by atomic mass is 9.43. The van der Waals surface area contributed by atoms with Gasteiger partial charge in [-0.1, -0.05) is 131 Å². The molecule has 274 valence electrons. The predicted molar refractivity (Wildman–Crippen MR) is 231 cm³/mol. The zero-order chi connectivity index (χ0) is 37.1. The van der Waals surface area contributed by atoms with E-state index in [0.717, 1.165) is 11.8 Å². The van der Waals surface area contributed by atoms with E-state index in [-0.39, 0.29) is 16.2 Å². The lowest BCUT2D eigenvalue weighted by Crippen LogP contribution is -2.55. The van der Waals surface area contributed by atoms with E-state index in [9.17, 15) is 0 Å². The van der Waals surface area contributed by atoms with Crippen molar-refractivity contribution in [3.8, 4) is 33.4 Å². The van der Waals surface area contributed by atoms with Gasteiger partial charge < -0.3 is 4.90 Å². The van der Waals surface area contributed by atoms with Crippen molar-refractivity contribution >= 4 is 17.1 Å². The molecule has 0 N–H and O–H groups in total. The van der Waals surface area contributed by atoms with E-state index in [1.807, 2.05) is 0 Å². The molecule has 1 spiro atoms. The largest absolute Gasteiger partial charge is 0.310 e. The number of nitrogens with zero attached hydrogens (tertiary/aromatic N) is 1. The number of hydrogen-bond acceptors (Lipinski definition) is 1. The Balaban J connectivity index is 1.19. The highest BCUT2D eigenvalue weighted by molar-refractivity contribution is 5.95. The normalized spacial score (nSPS) is 26.0. The maximum Gasteiger partial charge on any atom is 0.0543 e. The molecule has 0 radical (unpaired) electrons. The van der Waals surface area contributed by atoms with Crippen LogP contribution < -0.4 is 4.90 Å². The number of anilines is 3. The molecule has 1 nitrogen and oxygen atoms in total. The minimum absolute atomic E-state index is 0.0913. The molecule has 6 aromatic carbocycles. The summed E-state index contributed by atoms with van der Waals surface area (Å²) in [5, 5.41) is 0. The van der Waals surface area contributed by atoms with Crippen molar-refractivity contribution in [1.82, 2.24) is 0 Å². The molecular weight excluding hydrogens is 663 g/mol. The number of fused-ring (bicyclic) bond motifs is 4. The average Bonchev–Trinajstić information content (AvgIpc) is 3.49. The van der Waals surface area contributed by atoms with E-state index in [0.29, 0.717) is 11.8 Å². The van der Waals surface area contributed by atoms with E-state index in [2.05, 4.69) is 172 Å². The smallest absolute Gasteiger partial charge is 0.0543 e. The predicted octanol–water partition coefficient (Wildman–Crippen LogP) is 14.6. The number of rotatable bonds is 5. The first kappa shape index (κ1) is 33.5. The van der Waals surface area contributed by atoms with Crippen LogP contribution in [-0.2, 0) is 16.2 Å². The minimum Gasteiger partial charge on any atom is -0.310 e. The van der Waals surface area contributed by atoms with Gasteiger partial charge in [0.2, 0.25) is 0 Å². The van der Waals surface area contributed by atoms with Crippen molar-refractivity contribution in [3.63, 3.8) is 0 Å². The summed E-state index contributed by atoms with van der Waals surface area (Å²) in [6.07, 6.45) is 9.42. The third kappa shape index (κ3) is 4.97. The average molecular weight is 716 g/mol. The second kappa shape index (κ2) is 12.1. The lowest BCUT2D eigenvalue weighted by Gasteiger charge is -2.61. The molecule has 1 heteroatoms.